The second-order valence-electron chi connectivity index (χ2n) is 5.40. The molecule has 1 aliphatic heterocycles. The maximum Gasteiger partial charge on any atom is 0.175 e. The van der Waals surface area contributed by atoms with Crippen LogP contribution in [0.15, 0.2) is 70.3 Å². The number of nitrogens with zero attached hydrogens (tertiary/aromatic N) is 4. The van der Waals surface area contributed by atoms with E-state index in [9.17, 15) is 10.5 Å². The minimum Gasteiger partial charge on any atom is -0.349 e. The summed E-state index contributed by atoms with van der Waals surface area (Å²) in [7, 11) is 0. The Morgan fingerprint density at radius 1 is 1.16 bits per heavy atom. The standard InChI is InChI=1S/C20H16N4S/c1-2-24-17(11-10-15-7-4-3-5-8-15)20(19-9-6-12-25-19)23-16(13-21)18(24)14-22/h3-12,17H,2H2,1H3/b11-10+/t17-/m0/s1. The minimum atomic E-state index is -0.185. The fourth-order valence-electron chi connectivity index (χ4n) is 2.80. The molecule has 0 N–H and O–H groups in total. The van der Waals surface area contributed by atoms with Crippen LogP contribution in [0, 0.1) is 22.7 Å². The van der Waals surface area contributed by atoms with E-state index in [4.69, 9.17) is 0 Å². The van der Waals surface area contributed by atoms with Crippen LogP contribution in [-0.2, 0) is 0 Å². The highest BCUT2D eigenvalue weighted by molar-refractivity contribution is 7.12. The Morgan fingerprint density at radius 3 is 2.56 bits per heavy atom. The number of thiophene rings is 1. The summed E-state index contributed by atoms with van der Waals surface area (Å²) in [5, 5.41) is 20.9. The van der Waals surface area contributed by atoms with E-state index >= 15 is 0 Å². The van der Waals surface area contributed by atoms with Gasteiger partial charge in [0, 0.05) is 6.54 Å². The van der Waals surface area contributed by atoms with E-state index in [1.807, 2.05) is 71.8 Å². The summed E-state index contributed by atoms with van der Waals surface area (Å²) in [4.78, 5) is 7.45. The highest BCUT2D eigenvalue weighted by Crippen LogP contribution is 2.27. The van der Waals surface area contributed by atoms with Gasteiger partial charge in [-0.3, -0.25) is 0 Å². The van der Waals surface area contributed by atoms with Gasteiger partial charge in [-0.25, -0.2) is 4.99 Å². The number of likely N-dealkylation sites (N-methyl/N-ethyl adjacent to an activating group) is 1. The number of benzene rings is 1. The van der Waals surface area contributed by atoms with Crippen LogP contribution in [0.3, 0.4) is 0 Å². The first-order chi connectivity index (χ1) is 12.3. The lowest BCUT2D eigenvalue weighted by Crippen LogP contribution is -2.42. The summed E-state index contributed by atoms with van der Waals surface area (Å²) in [5.41, 5.74) is 2.39. The van der Waals surface area contributed by atoms with Crippen molar-refractivity contribution in [2.75, 3.05) is 6.54 Å². The predicted molar refractivity (Wildman–Crippen MR) is 101 cm³/mol. The van der Waals surface area contributed by atoms with Gasteiger partial charge in [-0.1, -0.05) is 48.6 Å². The third kappa shape index (κ3) is 3.38. The summed E-state index contributed by atoms with van der Waals surface area (Å²) < 4.78 is 0. The molecule has 0 aliphatic carbocycles. The Labute approximate surface area is 151 Å². The smallest absolute Gasteiger partial charge is 0.175 e. The van der Waals surface area contributed by atoms with E-state index in [-0.39, 0.29) is 11.7 Å². The Morgan fingerprint density at radius 2 is 1.96 bits per heavy atom. The Bertz CT molecular complexity index is 909. The van der Waals surface area contributed by atoms with Gasteiger partial charge in [0.2, 0.25) is 0 Å². The second kappa shape index (κ2) is 7.61. The largest absolute Gasteiger partial charge is 0.349 e. The third-order valence-corrected chi connectivity index (χ3v) is 4.85. The van der Waals surface area contributed by atoms with Crippen LogP contribution in [0.1, 0.15) is 17.4 Å². The lowest BCUT2D eigenvalue weighted by atomic mass is 10.0. The summed E-state index contributed by atoms with van der Waals surface area (Å²) in [5.74, 6) is 0. The zero-order chi connectivity index (χ0) is 17.6. The van der Waals surface area contributed by atoms with Crippen LogP contribution < -0.4 is 0 Å². The highest BCUT2D eigenvalue weighted by Gasteiger charge is 2.31. The highest BCUT2D eigenvalue weighted by atomic mass is 32.1. The molecule has 0 unspecified atom stereocenters. The van der Waals surface area contributed by atoms with Crippen molar-refractivity contribution in [3.8, 4) is 12.1 Å². The lowest BCUT2D eigenvalue weighted by Gasteiger charge is -2.33. The van der Waals surface area contributed by atoms with Gasteiger partial charge >= 0.3 is 0 Å². The Balaban J connectivity index is 2.09. The van der Waals surface area contributed by atoms with Gasteiger partial charge < -0.3 is 4.90 Å². The lowest BCUT2D eigenvalue weighted by molar-refractivity contribution is 0.366. The summed E-state index contributed by atoms with van der Waals surface area (Å²) >= 11 is 1.58. The molecular formula is C20H16N4S. The minimum absolute atomic E-state index is 0.178. The molecule has 1 atom stereocenters. The van der Waals surface area contributed by atoms with Crippen molar-refractivity contribution in [3.05, 3.63) is 75.8 Å². The molecule has 3 rings (SSSR count). The fourth-order valence-corrected chi connectivity index (χ4v) is 3.55. The third-order valence-electron chi connectivity index (χ3n) is 3.96. The average molecular weight is 344 g/mol. The maximum atomic E-state index is 9.52. The van der Waals surface area contributed by atoms with Crippen LogP contribution in [0.25, 0.3) is 6.08 Å². The first-order valence-corrected chi connectivity index (χ1v) is 8.83. The molecule has 0 radical (unpaired) electrons. The van der Waals surface area contributed by atoms with Crippen LogP contribution in [0.5, 0.6) is 0 Å². The Hall–Kier alpha value is -3.15. The van der Waals surface area contributed by atoms with Crippen LogP contribution in [0.2, 0.25) is 0 Å². The monoisotopic (exact) mass is 344 g/mol. The van der Waals surface area contributed by atoms with Crippen molar-refractivity contribution < 1.29 is 0 Å². The molecule has 5 heteroatoms. The van der Waals surface area contributed by atoms with E-state index in [1.165, 1.54) is 0 Å². The average Bonchev–Trinajstić information content (AvgIpc) is 3.20. The number of hydrogen-bond acceptors (Lipinski definition) is 5. The van der Waals surface area contributed by atoms with E-state index in [0.717, 1.165) is 16.2 Å². The molecule has 1 aromatic carbocycles. The predicted octanol–water partition coefficient (Wildman–Crippen LogP) is 4.21. The number of rotatable bonds is 4. The first-order valence-electron chi connectivity index (χ1n) is 7.95. The molecule has 2 heterocycles. The van der Waals surface area contributed by atoms with Gasteiger partial charge in [-0.05, 0) is 23.9 Å². The second-order valence-corrected chi connectivity index (χ2v) is 6.34. The van der Waals surface area contributed by atoms with Gasteiger partial charge in [0.25, 0.3) is 0 Å². The normalized spacial score (nSPS) is 17.3. The van der Waals surface area contributed by atoms with E-state index in [0.29, 0.717) is 12.2 Å². The van der Waals surface area contributed by atoms with Gasteiger partial charge in [0.05, 0.1) is 16.6 Å². The van der Waals surface area contributed by atoms with Crippen molar-refractivity contribution in [3.63, 3.8) is 0 Å². The molecule has 1 aromatic heterocycles. The van der Waals surface area contributed by atoms with Crippen molar-refractivity contribution in [2.24, 2.45) is 4.99 Å². The van der Waals surface area contributed by atoms with Crippen molar-refractivity contribution in [1.82, 2.24) is 4.90 Å². The Kier molecular flexibility index (Phi) is 5.09. The molecule has 0 saturated heterocycles. The van der Waals surface area contributed by atoms with E-state index in [1.54, 1.807) is 11.3 Å². The summed E-state index contributed by atoms with van der Waals surface area (Å²) in [6.45, 7) is 2.59. The molecule has 0 amide bonds. The molecule has 1 aliphatic rings. The van der Waals surface area contributed by atoms with Crippen LogP contribution in [0.4, 0.5) is 0 Å². The molecule has 2 aromatic rings. The quantitative estimate of drug-likeness (QED) is 0.834. The number of aliphatic imine (C=N–C) groups is 1. The number of nitriles is 2. The van der Waals surface area contributed by atoms with Gasteiger partial charge in [-0.15, -0.1) is 11.3 Å². The topological polar surface area (TPSA) is 63.2 Å². The fraction of sp³-hybridized carbons (Fsp3) is 0.150. The van der Waals surface area contributed by atoms with Crippen LogP contribution in [-0.4, -0.2) is 23.2 Å². The molecule has 0 spiro atoms. The SMILES string of the molecule is CCN1C(C#N)=C(C#N)N=C(c2cccs2)[C@@H]1/C=C/c1ccccc1. The molecule has 122 valence electrons. The molecule has 4 nitrogen and oxygen atoms in total. The van der Waals surface area contributed by atoms with Gasteiger partial charge in [0.15, 0.2) is 11.4 Å². The van der Waals surface area contributed by atoms with Gasteiger partial charge in [0.1, 0.15) is 12.1 Å². The molecule has 0 bridgehead atoms. The van der Waals surface area contributed by atoms with Crippen molar-refractivity contribution in [2.45, 2.75) is 13.0 Å². The van der Waals surface area contributed by atoms with E-state index < -0.39 is 0 Å². The first kappa shape index (κ1) is 16.7. The van der Waals surface area contributed by atoms with Gasteiger partial charge in [-0.2, -0.15) is 10.5 Å². The number of allylic oxidation sites excluding steroid dienone is 2. The molecule has 0 saturated carbocycles. The maximum absolute atomic E-state index is 9.52. The summed E-state index contributed by atoms with van der Waals surface area (Å²) in [6, 6.07) is 18.0. The molecule has 0 fully saturated rings. The molecular weight excluding hydrogens is 328 g/mol. The molecule has 25 heavy (non-hydrogen) atoms. The zero-order valence-electron chi connectivity index (χ0n) is 13.8. The van der Waals surface area contributed by atoms with Crippen molar-refractivity contribution >= 4 is 23.1 Å². The van der Waals surface area contributed by atoms with E-state index in [2.05, 4.69) is 17.1 Å². The summed E-state index contributed by atoms with van der Waals surface area (Å²) in [6.07, 6.45) is 4.08. The van der Waals surface area contributed by atoms with Crippen LogP contribution >= 0.6 is 11.3 Å². The van der Waals surface area contributed by atoms with Crippen molar-refractivity contribution in [1.29, 1.82) is 10.5 Å². The number of hydrogen-bond donors (Lipinski definition) is 0. The zero-order valence-corrected chi connectivity index (χ0v) is 14.6.